The highest BCUT2D eigenvalue weighted by molar-refractivity contribution is 9.10. The van der Waals surface area contributed by atoms with Crippen molar-refractivity contribution in [2.24, 2.45) is 0 Å². The highest BCUT2D eigenvalue weighted by Gasteiger charge is 2.20. The number of nitrogens with one attached hydrogen (secondary N) is 1. The van der Waals surface area contributed by atoms with E-state index < -0.39 is 0 Å². The van der Waals surface area contributed by atoms with Gasteiger partial charge in [-0.15, -0.1) is 0 Å². The van der Waals surface area contributed by atoms with Gasteiger partial charge in [0.25, 0.3) is 0 Å². The molecule has 0 radical (unpaired) electrons. The summed E-state index contributed by atoms with van der Waals surface area (Å²) in [5.41, 5.74) is 1.16. The zero-order chi connectivity index (χ0) is 12.3. The summed E-state index contributed by atoms with van der Waals surface area (Å²) in [4.78, 5) is 2.47. The summed E-state index contributed by atoms with van der Waals surface area (Å²) in [7, 11) is 0. The number of nitrogens with zero attached hydrogens (tertiary/aromatic N) is 1. The van der Waals surface area contributed by atoms with Gasteiger partial charge in [0.2, 0.25) is 0 Å². The molecule has 0 aromatic heterocycles. The van der Waals surface area contributed by atoms with Gasteiger partial charge in [0.15, 0.2) is 0 Å². The molecular weight excluding hydrogens is 283 g/mol. The molecule has 1 unspecified atom stereocenters. The van der Waals surface area contributed by atoms with Crippen LogP contribution in [0, 0.1) is 5.82 Å². The lowest BCUT2D eigenvalue weighted by atomic mass is 10.1. The molecule has 1 aromatic carbocycles. The molecule has 0 aliphatic carbocycles. The van der Waals surface area contributed by atoms with E-state index in [-0.39, 0.29) is 5.82 Å². The average Bonchev–Trinajstić information content (AvgIpc) is 2.33. The van der Waals surface area contributed by atoms with E-state index in [2.05, 4.69) is 33.1 Å². The van der Waals surface area contributed by atoms with Crippen LogP contribution in [0.2, 0.25) is 0 Å². The molecule has 1 aliphatic heterocycles. The maximum Gasteiger partial charge on any atom is 0.124 e. The smallest absolute Gasteiger partial charge is 0.124 e. The molecular formula is C13H18BrFN2. The van der Waals surface area contributed by atoms with Crippen molar-refractivity contribution in [3.05, 3.63) is 34.1 Å². The van der Waals surface area contributed by atoms with E-state index in [0.29, 0.717) is 6.04 Å². The fourth-order valence-electron chi connectivity index (χ4n) is 2.28. The molecule has 2 rings (SSSR count). The van der Waals surface area contributed by atoms with Crippen LogP contribution in [-0.2, 0) is 6.54 Å². The summed E-state index contributed by atoms with van der Waals surface area (Å²) in [6.45, 7) is 6.25. The second-order valence-corrected chi connectivity index (χ2v) is 5.33. The van der Waals surface area contributed by atoms with Crippen molar-refractivity contribution in [3.63, 3.8) is 0 Å². The molecule has 0 amide bonds. The van der Waals surface area contributed by atoms with Gasteiger partial charge in [-0.1, -0.05) is 28.9 Å². The van der Waals surface area contributed by atoms with Gasteiger partial charge >= 0.3 is 0 Å². The van der Waals surface area contributed by atoms with Crippen LogP contribution in [0.1, 0.15) is 18.9 Å². The van der Waals surface area contributed by atoms with Crippen molar-refractivity contribution >= 4 is 15.9 Å². The Morgan fingerprint density at radius 3 is 3.06 bits per heavy atom. The Labute approximate surface area is 110 Å². The lowest BCUT2D eigenvalue weighted by Crippen LogP contribution is -2.50. The van der Waals surface area contributed by atoms with Gasteiger partial charge in [0.05, 0.1) is 0 Å². The largest absolute Gasteiger partial charge is 0.314 e. The van der Waals surface area contributed by atoms with Crippen molar-refractivity contribution < 1.29 is 4.39 Å². The van der Waals surface area contributed by atoms with Crippen LogP contribution in [0.25, 0.3) is 0 Å². The molecule has 1 heterocycles. The molecule has 1 aliphatic rings. The van der Waals surface area contributed by atoms with Crippen LogP contribution < -0.4 is 5.32 Å². The van der Waals surface area contributed by atoms with Gasteiger partial charge in [-0.25, -0.2) is 4.39 Å². The molecule has 0 bridgehead atoms. The summed E-state index contributed by atoms with van der Waals surface area (Å²) in [5.74, 6) is -0.187. The molecule has 0 spiro atoms. The van der Waals surface area contributed by atoms with Gasteiger partial charge < -0.3 is 5.32 Å². The predicted molar refractivity (Wildman–Crippen MR) is 71.5 cm³/mol. The summed E-state index contributed by atoms with van der Waals surface area (Å²) >= 11 is 3.43. The normalized spacial score (nSPS) is 21.7. The van der Waals surface area contributed by atoms with E-state index in [0.717, 1.165) is 42.6 Å². The lowest BCUT2D eigenvalue weighted by molar-refractivity contribution is 0.149. The second-order valence-electron chi connectivity index (χ2n) is 4.47. The van der Waals surface area contributed by atoms with Crippen LogP contribution in [0.4, 0.5) is 4.39 Å². The Morgan fingerprint density at radius 1 is 1.53 bits per heavy atom. The van der Waals surface area contributed by atoms with Crippen LogP contribution in [0.15, 0.2) is 22.7 Å². The highest BCUT2D eigenvalue weighted by atomic mass is 79.9. The topological polar surface area (TPSA) is 15.3 Å². The van der Waals surface area contributed by atoms with Crippen molar-refractivity contribution in [3.8, 4) is 0 Å². The minimum absolute atomic E-state index is 0.187. The van der Waals surface area contributed by atoms with E-state index in [4.69, 9.17) is 0 Å². The quantitative estimate of drug-likeness (QED) is 0.923. The van der Waals surface area contributed by atoms with Crippen LogP contribution in [0.5, 0.6) is 0 Å². The van der Waals surface area contributed by atoms with Crippen LogP contribution in [-0.4, -0.2) is 30.6 Å². The van der Waals surface area contributed by atoms with E-state index in [1.165, 1.54) is 6.07 Å². The zero-order valence-corrected chi connectivity index (χ0v) is 11.6. The third-order valence-electron chi connectivity index (χ3n) is 3.33. The average molecular weight is 301 g/mol. The first-order valence-corrected chi connectivity index (χ1v) is 6.88. The minimum atomic E-state index is -0.187. The zero-order valence-electron chi connectivity index (χ0n) is 10.0. The van der Waals surface area contributed by atoms with E-state index in [1.54, 1.807) is 6.07 Å². The Hall–Kier alpha value is -0.450. The van der Waals surface area contributed by atoms with Gasteiger partial charge in [0, 0.05) is 36.7 Å². The number of hydrogen-bond acceptors (Lipinski definition) is 2. The third-order valence-corrected chi connectivity index (χ3v) is 4.07. The molecule has 4 heteroatoms. The summed E-state index contributed by atoms with van der Waals surface area (Å²) in [5, 5.41) is 3.41. The van der Waals surface area contributed by atoms with E-state index in [9.17, 15) is 4.39 Å². The standard InChI is InChI=1S/C13H18BrFN2/c1-2-12-8-16-5-6-17(12)9-10-3-4-11(15)7-13(10)14/h3-4,7,12,16H,2,5-6,8-9H2,1H3. The van der Waals surface area contributed by atoms with Gasteiger partial charge in [0.1, 0.15) is 5.82 Å². The molecule has 94 valence electrons. The Morgan fingerprint density at radius 2 is 2.35 bits per heavy atom. The maximum atomic E-state index is 13.0. The SMILES string of the molecule is CCC1CNCCN1Cc1ccc(F)cc1Br. The lowest BCUT2D eigenvalue weighted by Gasteiger charge is -2.35. The predicted octanol–water partition coefficient (Wildman–Crippen LogP) is 2.77. The van der Waals surface area contributed by atoms with Gasteiger partial charge in [-0.3, -0.25) is 4.90 Å². The maximum absolute atomic E-state index is 13.0. The molecule has 1 saturated heterocycles. The second kappa shape index (κ2) is 5.94. The molecule has 1 fully saturated rings. The molecule has 0 saturated carbocycles. The number of benzene rings is 1. The van der Waals surface area contributed by atoms with Crippen molar-refractivity contribution in [1.82, 2.24) is 10.2 Å². The fraction of sp³-hybridized carbons (Fsp3) is 0.538. The van der Waals surface area contributed by atoms with Crippen molar-refractivity contribution in [2.45, 2.75) is 25.9 Å². The van der Waals surface area contributed by atoms with E-state index >= 15 is 0 Å². The summed E-state index contributed by atoms with van der Waals surface area (Å²) < 4.78 is 13.9. The van der Waals surface area contributed by atoms with E-state index in [1.807, 2.05) is 6.07 Å². The fourth-order valence-corrected chi connectivity index (χ4v) is 2.76. The third kappa shape index (κ3) is 3.27. The number of hydrogen-bond donors (Lipinski definition) is 1. The minimum Gasteiger partial charge on any atom is -0.314 e. The first-order chi connectivity index (χ1) is 8.20. The number of halogens is 2. The molecule has 17 heavy (non-hydrogen) atoms. The summed E-state index contributed by atoms with van der Waals surface area (Å²) in [6, 6.07) is 5.52. The van der Waals surface area contributed by atoms with Gasteiger partial charge in [-0.2, -0.15) is 0 Å². The van der Waals surface area contributed by atoms with Gasteiger partial charge in [-0.05, 0) is 24.1 Å². The Bertz CT molecular complexity index is 384. The monoisotopic (exact) mass is 300 g/mol. The molecule has 1 aromatic rings. The molecule has 2 nitrogen and oxygen atoms in total. The van der Waals surface area contributed by atoms with Crippen LogP contribution in [0.3, 0.4) is 0 Å². The molecule has 1 atom stereocenters. The molecule has 1 N–H and O–H groups in total. The van der Waals surface area contributed by atoms with Crippen molar-refractivity contribution in [1.29, 1.82) is 0 Å². The van der Waals surface area contributed by atoms with Crippen LogP contribution >= 0.6 is 15.9 Å². The Kier molecular flexibility index (Phi) is 4.54. The number of piperazine rings is 1. The number of rotatable bonds is 3. The Balaban J connectivity index is 2.08. The summed E-state index contributed by atoms with van der Waals surface area (Å²) in [6.07, 6.45) is 1.14. The van der Waals surface area contributed by atoms with Crippen molar-refractivity contribution in [2.75, 3.05) is 19.6 Å². The highest BCUT2D eigenvalue weighted by Crippen LogP contribution is 2.21. The first kappa shape index (κ1) is 13.0. The first-order valence-electron chi connectivity index (χ1n) is 6.09.